The number of hydrogen-bond acceptors (Lipinski definition) is 3. The van der Waals surface area contributed by atoms with Crippen molar-refractivity contribution >= 4 is 5.91 Å². The van der Waals surface area contributed by atoms with Crippen molar-refractivity contribution in [2.24, 2.45) is 0 Å². The van der Waals surface area contributed by atoms with Gasteiger partial charge in [0, 0.05) is 19.7 Å². The molecule has 1 heterocycles. The Bertz CT molecular complexity index is 231. The summed E-state index contributed by atoms with van der Waals surface area (Å²) < 4.78 is 5.40. The summed E-state index contributed by atoms with van der Waals surface area (Å²) in [5, 5.41) is 3.14. The lowest BCUT2D eigenvalue weighted by Gasteiger charge is -2.15. The van der Waals surface area contributed by atoms with E-state index in [1.807, 2.05) is 30.9 Å². The van der Waals surface area contributed by atoms with Crippen molar-refractivity contribution in [3.63, 3.8) is 0 Å². The fourth-order valence-electron chi connectivity index (χ4n) is 1.51. The zero-order valence-electron chi connectivity index (χ0n) is 10.2. The molecular weight excluding hydrogens is 204 g/mol. The Balaban J connectivity index is 1.92. The molecule has 0 saturated carbocycles. The lowest BCUT2D eigenvalue weighted by Crippen LogP contribution is -2.37. The summed E-state index contributed by atoms with van der Waals surface area (Å²) in [5.74, 6) is 0.176. The summed E-state index contributed by atoms with van der Waals surface area (Å²) in [5.41, 5.74) is 0. The predicted molar refractivity (Wildman–Crippen MR) is 64.3 cm³/mol. The first-order valence-corrected chi connectivity index (χ1v) is 5.95. The van der Waals surface area contributed by atoms with Gasteiger partial charge in [-0.05, 0) is 26.8 Å². The second kappa shape index (κ2) is 7.41. The SMILES string of the molecule is CC(C)OCCCNCC(=O)N1CC=CC1. The lowest BCUT2D eigenvalue weighted by molar-refractivity contribution is -0.128. The predicted octanol–water partition coefficient (Wildman–Crippen LogP) is 0.790. The lowest BCUT2D eigenvalue weighted by atomic mass is 10.4. The van der Waals surface area contributed by atoms with E-state index < -0.39 is 0 Å². The fraction of sp³-hybridized carbons (Fsp3) is 0.750. The van der Waals surface area contributed by atoms with Gasteiger partial charge in [0.25, 0.3) is 0 Å². The molecule has 1 amide bonds. The van der Waals surface area contributed by atoms with Gasteiger partial charge in [0.1, 0.15) is 0 Å². The molecule has 4 heteroatoms. The Morgan fingerprint density at radius 1 is 1.44 bits per heavy atom. The summed E-state index contributed by atoms with van der Waals surface area (Å²) in [6.45, 7) is 7.59. The number of carbonyl (C=O) groups is 1. The molecule has 4 nitrogen and oxygen atoms in total. The number of rotatable bonds is 7. The van der Waals surface area contributed by atoms with E-state index in [1.54, 1.807) is 0 Å². The van der Waals surface area contributed by atoms with Crippen LogP contribution in [0.25, 0.3) is 0 Å². The minimum Gasteiger partial charge on any atom is -0.379 e. The first-order valence-electron chi connectivity index (χ1n) is 5.95. The van der Waals surface area contributed by atoms with E-state index in [1.165, 1.54) is 0 Å². The molecule has 0 spiro atoms. The Labute approximate surface area is 97.6 Å². The van der Waals surface area contributed by atoms with Crippen LogP contribution in [0.4, 0.5) is 0 Å². The van der Waals surface area contributed by atoms with Gasteiger partial charge in [-0.1, -0.05) is 12.2 Å². The molecule has 0 bridgehead atoms. The molecule has 1 N–H and O–H groups in total. The maximum atomic E-state index is 11.6. The minimum absolute atomic E-state index is 0.176. The second-order valence-corrected chi connectivity index (χ2v) is 4.22. The van der Waals surface area contributed by atoms with Gasteiger partial charge in [-0.2, -0.15) is 0 Å². The van der Waals surface area contributed by atoms with Crippen molar-refractivity contribution in [2.75, 3.05) is 32.8 Å². The van der Waals surface area contributed by atoms with Crippen LogP contribution in [0.3, 0.4) is 0 Å². The van der Waals surface area contributed by atoms with Crippen molar-refractivity contribution < 1.29 is 9.53 Å². The number of carbonyl (C=O) groups excluding carboxylic acids is 1. The quantitative estimate of drug-likeness (QED) is 0.515. The highest BCUT2D eigenvalue weighted by Crippen LogP contribution is 1.98. The highest BCUT2D eigenvalue weighted by molar-refractivity contribution is 5.78. The van der Waals surface area contributed by atoms with Crippen LogP contribution >= 0.6 is 0 Å². The molecule has 0 aromatic carbocycles. The van der Waals surface area contributed by atoms with E-state index in [0.29, 0.717) is 6.54 Å². The first-order chi connectivity index (χ1) is 7.70. The third-order valence-electron chi connectivity index (χ3n) is 2.40. The Kier molecular flexibility index (Phi) is 6.11. The van der Waals surface area contributed by atoms with Crippen molar-refractivity contribution in [3.8, 4) is 0 Å². The summed E-state index contributed by atoms with van der Waals surface area (Å²) in [6.07, 6.45) is 5.28. The molecule has 0 fully saturated rings. The molecule has 0 aliphatic carbocycles. The van der Waals surface area contributed by atoms with Gasteiger partial charge < -0.3 is 15.0 Å². The highest BCUT2D eigenvalue weighted by Gasteiger charge is 2.12. The smallest absolute Gasteiger partial charge is 0.237 e. The summed E-state index contributed by atoms with van der Waals surface area (Å²) in [6, 6.07) is 0. The Hall–Kier alpha value is -0.870. The molecule has 92 valence electrons. The molecule has 0 atom stereocenters. The number of amides is 1. The van der Waals surface area contributed by atoms with E-state index in [9.17, 15) is 4.79 Å². The maximum Gasteiger partial charge on any atom is 0.237 e. The normalized spacial score (nSPS) is 15.1. The standard InChI is InChI=1S/C12H22N2O2/c1-11(2)16-9-5-6-13-10-12(15)14-7-3-4-8-14/h3-4,11,13H,5-10H2,1-2H3. The van der Waals surface area contributed by atoms with E-state index in [-0.39, 0.29) is 12.0 Å². The molecule has 0 saturated heterocycles. The van der Waals surface area contributed by atoms with Crippen LogP contribution in [0.15, 0.2) is 12.2 Å². The van der Waals surface area contributed by atoms with E-state index in [4.69, 9.17) is 4.74 Å². The number of hydrogen-bond donors (Lipinski definition) is 1. The molecule has 1 aliphatic rings. The minimum atomic E-state index is 0.176. The topological polar surface area (TPSA) is 41.6 Å². The third kappa shape index (κ3) is 5.28. The van der Waals surface area contributed by atoms with Crippen LogP contribution in [0.5, 0.6) is 0 Å². The fourth-order valence-corrected chi connectivity index (χ4v) is 1.51. The summed E-state index contributed by atoms with van der Waals surface area (Å²) >= 11 is 0. The Morgan fingerprint density at radius 2 is 2.12 bits per heavy atom. The van der Waals surface area contributed by atoms with E-state index in [2.05, 4.69) is 5.32 Å². The Morgan fingerprint density at radius 3 is 2.75 bits per heavy atom. The van der Waals surface area contributed by atoms with Gasteiger partial charge in [0.15, 0.2) is 0 Å². The average Bonchev–Trinajstić information content (AvgIpc) is 2.75. The number of nitrogens with zero attached hydrogens (tertiary/aromatic N) is 1. The summed E-state index contributed by atoms with van der Waals surface area (Å²) in [4.78, 5) is 13.4. The number of nitrogens with one attached hydrogen (secondary N) is 1. The number of ether oxygens (including phenoxy) is 1. The van der Waals surface area contributed by atoms with Crippen LogP contribution in [0.1, 0.15) is 20.3 Å². The molecule has 1 rings (SSSR count). The monoisotopic (exact) mass is 226 g/mol. The first kappa shape index (κ1) is 13.2. The second-order valence-electron chi connectivity index (χ2n) is 4.22. The molecule has 0 unspecified atom stereocenters. The van der Waals surface area contributed by atoms with Crippen LogP contribution in [0.2, 0.25) is 0 Å². The van der Waals surface area contributed by atoms with Crippen LogP contribution in [-0.2, 0) is 9.53 Å². The van der Waals surface area contributed by atoms with Crippen LogP contribution in [-0.4, -0.2) is 49.7 Å². The van der Waals surface area contributed by atoms with Gasteiger partial charge in [-0.3, -0.25) is 4.79 Å². The zero-order chi connectivity index (χ0) is 11.8. The van der Waals surface area contributed by atoms with E-state index in [0.717, 1.165) is 32.7 Å². The van der Waals surface area contributed by atoms with Gasteiger partial charge in [-0.25, -0.2) is 0 Å². The largest absolute Gasteiger partial charge is 0.379 e. The zero-order valence-corrected chi connectivity index (χ0v) is 10.2. The molecule has 1 aliphatic heterocycles. The van der Waals surface area contributed by atoms with Crippen molar-refractivity contribution in [1.82, 2.24) is 10.2 Å². The van der Waals surface area contributed by atoms with Crippen LogP contribution in [0, 0.1) is 0 Å². The molecular formula is C12H22N2O2. The van der Waals surface area contributed by atoms with Gasteiger partial charge in [0.2, 0.25) is 5.91 Å². The van der Waals surface area contributed by atoms with Crippen molar-refractivity contribution in [1.29, 1.82) is 0 Å². The van der Waals surface area contributed by atoms with Crippen LogP contribution < -0.4 is 5.32 Å². The van der Waals surface area contributed by atoms with E-state index >= 15 is 0 Å². The molecule has 0 aromatic rings. The average molecular weight is 226 g/mol. The van der Waals surface area contributed by atoms with Gasteiger partial charge >= 0.3 is 0 Å². The molecule has 0 radical (unpaired) electrons. The van der Waals surface area contributed by atoms with Gasteiger partial charge in [-0.15, -0.1) is 0 Å². The maximum absolute atomic E-state index is 11.6. The molecule has 16 heavy (non-hydrogen) atoms. The van der Waals surface area contributed by atoms with Crippen molar-refractivity contribution in [2.45, 2.75) is 26.4 Å². The third-order valence-corrected chi connectivity index (χ3v) is 2.40. The summed E-state index contributed by atoms with van der Waals surface area (Å²) in [7, 11) is 0. The van der Waals surface area contributed by atoms with Gasteiger partial charge in [0.05, 0.1) is 12.6 Å². The van der Waals surface area contributed by atoms with Crippen molar-refractivity contribution in [3.05, 3.63) is 12.2 Å². The highest BCUT2D eigenvalue weighted by atomic mass is 16.5. The molecule has 0 aromatic heterocycles.